The second-order valence-corrected chi connectivity index (χ2v) is 9.63. The average Bonchev–Trinajstić information content (AvgIpc) is 3.27. The number of rotatable bonds is 2. The predicted molar refractivity (Wildman–Crippen MR) is 165 cm³/mol. The van der Waals surface area contributed by atoms with Gasteiger partial charge < -0.3 is 4.57 Å². The van der Waals surface area contributed by atoms with E-state index in [-0.39, 0.29) is 5.38 Å². The third-order valence-electron chi connectivity index (χ3n) is 7.07. The van der Waals surface area contributed by atoms with Gasteiger partial charge in [0.25, 0.3) is 0 Å². The van der Waals surface area contributed by atoms with Crippen LogP contribution in [0.2, 0.25) is 0 Å². The number of alkyl halides is 1. The van der Waals surface area contributed by atoms with Crippen molar-refractivity contribution in [3.05, 3.63) is 121 Å². The molecule has 0 saturated heterocycles. The SMILES string of the molecule is ClC1C=CC=C(c2ccc3c4ccccc4n(-c4ccc5ccc6ccccc6c5c4)c3c2)C1.SS. The van der Waals surface area contributed by atoms with E-state index in [4.69, 9.17) is 11.6 Å². The van der Waals surface area contributed by atoms with E-state index in [1.54, 1.807) is 0 Å². The fraction of sp³-hybridized carbons (Fsp3) is 0.0625. The summed E-state index contributed by atoms with van der Waals surface area (Å²) in [6.07, 6.45) is 7.17. The lowest BCUT2D eigenvalue weighted by Crippen LogP contribution is -2.00. The van der Waals surface area contributed by atoms with E-state index in [2.05, 4.69) is 143 Å². The highest BCUT2D eigenvalue weighted by atomic mass is 35.5. The average molecular weight is 522 g/mol. The van der Waals surface area contributed by atoms with Crippen molar-refractivity contribution >= 4 is 83.8 Å². The number of halogens is 1. The normalized spacial score (nSPS) is 15.3. The molecule has 1 aromatic heterocycles. The Balaban J connectivity index is 0.00000117. The summed E-state index contributed by atoms with van der Waals surface area (Å²) in [5.41, 5.74) is 6.14. The van der Waals surface area contributed by atoms with Gasteiger partial charge in [0.2, 0.25) is 0 Å². The van der Waals surface area contributed by atoms with Gasteiger partial charge in [0, 0.05) is 16.5 Å². The van der Waals surface area contributed by atoms with E-state index in [9.17, 15) is 0 Å². The van der Waals surface area contributed by atoms with E-state index in [1.165, 1.54) is 60.2 Å². The number of allylic oxidation sites excluding steroid dienone is 4. The van der Waals surface area contributed by atoms with Gasteiger partial charge in [-0.1, -0.05) is 91.0 Å². The zero-order valence-corrected chi connectivity index (χ0v) is 22.0. The lowest BCUT2D eigenvalue weighted by atomic mass is 9.96. The minimum atomic E-state index is 0.0512. The molecule has 7 rings (SSSR count). The molecule has 5 aromatic carbocycles. The third kappa shape index (κ3) is 3.92. The van der Waals surface area contributed by atoms with Crippen LogP contribution in [0.25, 0.3) is 54.6 Å². The maximum absolute atomic E-state index is 6.44. The quantitative estimate of drug-likeness (QED) is 0.0967. The number of benzene rings is 5. The molecule has 1 unspecified atom stereocenters. The first-order valence-corrected chi connectivity index (χ1v) is 14.0. The Kier molecular flexibility index (Phi) is 6.30. The highest BCUT2D eigenvalue weighted by molar-refractivity contribution is 8.59. The number of fused-ring (bicyclic) bond motifs is 6. The number of hydrogen-bond acceptors (Lipinski definition) is 2. The van der Waals surface area contributed by atoms with Crippen molar-refractivity contribution in [2.45, 2.75) is 11.8 Å². The minimum absolute atomic E-state index is 0.0512. The van der Waals surface area contributed by atoms with Crippen LogP contribution in [0, 0.1) is 0 Å². The first kappa shape index (κ1) is 23.3. The molecule has 1 atom stereocenters. The van der Waals surface area contributed by atoms with Gasteiger partial charge in [-0.3, -0.25) is 0 Å². The Hall–Kier alpha value is -3.11. The van der Waals surface area contributed by atoms with Gasteiger partial charge in [0.05, 0.1) is 16.4 Å². The summed E-state index contributed by atoms with van der Waals surface area (Å²) in [6.45, 7) is 0. The highest BCUT2D eigenvalue weighted by Gasteiger charge is 2.16. The molecule has 0 spiro atoms. The topological polar surface area (TPSA) is 4.93 Å². The van der Waals surface area contributed by atoms with Crippen molar-refractivity contribution < 1.29 is 0 Å². The zero-order chi connectivity index (χ0) is 24.6. The van der Waals surface area contributed by atoms with Crippen LogP contribution in [0.3, 0.4) is 0 Å². The Morgan fingerprint density at radius 1 is 0.667 bits per heavy atom. The zero-order valence-electron chi connectivity index (χ0n) is 19.5. The Morgan fingerprint density at radius 3 is 2.19 bits per heavy atom. The summed E-state index contributed by atoms with van der Waals surface area (Å²) >= 11 is 12.9. The molecule has 0 bridgehead atoms. The van der Waals surface area contributed by atoms with Crippen molar-refractivity contribution in [3.63, 3.8) is 0 Å². The molecular weight excluding hydrogens is 498 g/mol. The fourth-order valence-electron chi connectivity index (χ4n) is 5.43. The highest BCUT2D eigenvalue weighted by Crippen LogP contribution is 2.37. The van der Waals surface area contributed by atoms with E-state index in [0.717, 1.165) is 6.42 Å². The number of aromatic nitrogens is 1. The van der Waals surface area contributed by atoms with Crippen LogP contribution in [-0.2, 0) is 0 Å². The van der Waals surface area contributed by atoms with Crippen LogP contribution in [-0.4, -0.2) is 9.94 Å². The van der Waals surface area contributed by atoms with Gasteiger partial charge in [0.15, 0.2) is 0 Å². The molecule has 1 aliphatic rings. The maximum Gasteiger partial charge on any atom is 0.0559 e. The van der Waals surface area contributed by atoms with Gasteiger partial charge in [-0.2, -0.15) is 0 Å². The monoisotopic (exact) mass is 521 g/mol. The molecule has 36 heavy (non-hydrogen) atoms. The molecule has 0 amide bonds. The molecule has 176 valence electrons. The first-order valence-electron chi connectivity index (χ1n) is 11.9. The summed E-state index contributed by atoms with van der Waals surface area (Å²) in [6, 6.07) is 35.4. The van der Waals surface area contributed by atoms with E-state index < -0.39 is 0 Å². The number of thiol groups is 2. The molecule has 0 saturated carbocycles. The first-order chi connectivity index (χ1) is 17.8. The van der Waals surface area contributed by atoms with Gasteiger partial charge in [-0.05, 0) is 63.4 Å². The second-order valence-electron chi connectivity index (χ2n) is 9.07. The van der Waals surface area contributed by atoms with Crippen molar-refractivity contribution in [2.24, 2.45) is 0 Å². The van der Waals surface area contributed by atoms with Crippen molar-refractivity contribution in [3.8, 4) is 5.69 Å². The molecular formula is C32H24ClNS2. The predicted octanol–water partition coefficient (Wildman–Crippen LogP) is 9.80. The van der Waals surface area contributed by atoms with Crippen LogP contribution in [0.1, 0.15) is 12.0 Å². The second kappa shape index (κ2) is 9.74. The van der Waals surface area contributed by atoms with Crippen molar-refractivity contribution in [2.75, 3.05) is 0 Å². The summed E-state index contributed by atoms with van der Waals surface area (Å²) in [4.78, 5) is 0. The van der Waals surface area contributed by atoms with Gasteiger partial charge in [-0.25, -0.2) is 0 Å². The molecule has 0 radical (unpaired) electrons. The van der Waals surface area contributed by atoms with Crippen LogP contribution < -0.4 is 0 Å². The Labute approximate surface area is 225 Å². The molecule has 1 aliphatic carbocycles. The third-order valence-corrected chi connectivity index (χ3v) is 7.37. The molecule has 6 aromatic rings. The molecule has 4 heteroatoms. The van der Waals surface area contributed by atoms with Crippen LogP contribution in [0.15, 0.2) is 115 Å². The summed E-state index contributed by atoms with van der Waals surface area (Å²) in [5, 5.41) is 7.69. The van der Waals surface area contributed by atoms with Crippen molar-refractivity contribution in [1.29, 1.82) is 0 Å². The smallest absolute Gasteiger partial charge is 0.0559 e. The lowest BCUT2D eigenvalue weighted by Gasteiger charge is -2.15. The van der Waals surface area contributed by atoms with Crippen LogP contribution in [0.5, 0.6) is 0 Å². The van der Waals surface area contributed by atoms with Gasteiger partial charge >= 0.3 is 0 Å². The van der Waals surface area contributed by atoms with Gasteiger partial charge in [-0.15, -0.1) is 34.9 Å². The molecule has 1 nitrogen and oxygen atoms in total. The maximum atomic E-state index is 6.44. The number of hydrogen-bond donors (Lipinski definition) is 2. The summed E-state index contributed by atoms with van der Waals surface area (Å²) in [7, 11) is 0. The number of para-hydroxylation sites is 1. The molecule has 0 fully saturated rings. The lowest BCUT2D eigenvalue weighted by molar-refractivity contribution is 1.06. The van der Waals surface area contributed by atoms with E-state index in [1.807, 2.05) is 0 Å². The van der Waals surface area contributed by atoms with Crippen LogP contribution in [0.4, 0.5) is 0 Å². The molecule has 1 heterocycles. The minimum Gasteiger partial charge on any atom is -0.309 e. The molecule has 0 N–H and O–H groups in total. The fourth-order valence-corrected chi connectivity index (χ4v) is 5.68. The standard InChI is InChI=1S/C32H22ClN.H2S2/c33-25-8-5-7-23(18-25)24-15-17-29-28-10-3-4-11-31(28)34(32(29)19-24)26-16-14-22-13-12-21-6-1-2-9-27(21)30(22)20-26;1-2/h1-17,19-20,25H,18H2;1-2H. The van der Waals surface area contributed by atoms with Crippen molar-refractivity contribution in [1.82, 2.24) is 4.57 Å². The Bertz CT molecular complexity index is 1810. The molecule has 0 aliphatic heterocycles. The summed E-state index contributed by atoms with van der Waals surface area (Å²) in [5.74, 6) is 0. The largest absolute Gasteiger partial charge is 0.309 e. The number of nitrogens with zero attached hydrogens (tertiary/aromatic N) is 1. The Morgan fingerprint density at radius 2 is 1.36 bits per heavy atom. The summed E-state index contributed by atoms with van der Waals surface area (Å²) < 4.78 is 2.41. The van der Waals surface area contributed by atoms with Gasteiger partial charge in [0.1, 0.15) is 0 Å². The van der Waals surface area contributed by atoms with E-state index in [0.29, 0.717) is 0 Å². The van der Waals surface area contributed by atoms with Crippen LogP contribution >= 0.6 is 34.9 Å². The van der Waals surface area contributed by atoms with E-state index >= 15 is 0 Å².